The zero-order chi connectivity index (χ0) is 13.1. The summed E-state index contributed by atoms with van der Waals surface area (Å²) in [4.78, 5) is 4.57. The number of hydrogen-bond donors (Lipinski definition) is 1. The van der Waals surface area contributed by atoms with E-state index >= 15 is 0 Å². The summed E-state index contributed by atoms with van der Waals surface area (Å²) in [5, 5.41) is 4.41. The summed E-state index contributed by atoms with van der Waals surface area (Å²) >= 11 is 1.68. The van der Waals surface area contributed by atoms with Crippen LogP contribution in [0.4, 0.5) is 5.13 Å². The summed E-state index contributed by atoms with van der Waals surface area (Å²) in [5.41, 5.74) is 1.03. The van der Waals surface area contributed by atoms with E-state index in [-0.39, 0.29) is 0 Å². The van der Waals surface area contributed by atoms with Crippen molar-refractivity contribution in [2.75, 3.05) is 19.0 Å². The van der Waals surface area contributed by atoms with Crippen LogP contribution in [0, 0.1) is 11.8 Å². The highest BCUT2D eigenvalue weighted by molar-refractivity contribution is 7.22. The third-order valence-corrected chi connectivity index (χ3v) is 4.28. The van der Waals surface area contributed by atoms with Crippen molar-refractivity contribution >= 4 is 26.7 Å². The first-order chi connectivity index (χ1) is 8.60. The summed E-state index contributed by atoms with van der Waals surface area (Å²) < 4.78 is 6.38. The molecule has 0 amide bonds. The van der Waals surface area contributed by atoms with Crippen molar-refractivity contribution in [3.05, 3.63) is 18.2 Å². The third kappa shape index (κ3) is 2.93. The fourth-order valence-electron chi connectivity index (χ4n) is 1.59. The Morgan fingerprint density at radius 2 is 2.11 bits per heavy atom. The van der Waals surface area contributed by atoms with Gasteiger partial charge in [-0.15, -0.1) is 0 Å². The van der Waals surface area contributed by atoms with E-state index in [0.29, 0.717) is 11.8 Å². The number of nitrogens with zero attached hydrogens (tertiary/aromatic N) is 1. The van der Waals surface area contributed by atoms with Crippen molar-refractivity contribution in [2.45, 2.75) is 20.8 Å². The van der Waals surface area contributed by atoms with Crippen LogP contribution in [-0.2, 0) is 0 Å². The van der Waals surface area contributed by atoms with E-state index in [1.165, 1.54) is 0 Å². The average Bonchev–Trinajstić information content (AvgIpc) is 2.77. The van der Waals surface area contributed by atoms with E-state index in [4.69, 9.17) is 4.74 Å². The summed E-state index contributed by atoms with van der Waals surface area (Å²) in [6, 6.07) is 5.98. The lowest BCUT2D eigenvalue weighted by molar-refractivity contribution is 0.415. The quantitative estimate of drug-likeness (QED) is 0.886. The Balaban J connectivity index is 2.10. The van der Waals surface area contributed by atoms with Crippen molar-refractivity contribution in [3.8, 4) is 5.75 Å². The summed E-state index contributed by atoms with van der Waals surface area (Å²) in [5.74, 6) is 2.21. The van der Waals surface area contributed by atoms with Gasteiger partial charge in [0.1, 0.15) is 5.75 Å². The van der Waals surface area contributed by atoms with Crippen LogP contribution >= 0.6 is 11.3 Å². The van der Waals surface area contributed by atoms with Crippen molar-refractivity contribution < 1.29 is 4.74 Å². The lowest BCUT2D eigenvalue weighted by atomic mass is 9.98. The van der Waals surface area contributed by atoms with Crippen molar-refractivity contribution in [3.63, 3.8) is 0 Å². The van der Waals surface area contributed by atoms with Gasteiger partial charge in [0.2, 0.25) is 0 Å². The maximum absolute atomic E-state index is 5.22. The standard InChI is InChI=1S/C14H20N2OS/c1-9(2)10(3)8-15-14-16-12-6-5-11(17-4)7-13(12)18-14/h5-7,9-10H,8H2,1-4H3,(H,15,16). The fourth-order valence-corrected chi connectivity index (χ4v) is 2.49. The number of thiazole rings is 1. The second kappa shape index (κ2) is 5.57. The molecule has 1 N–H and O–H groups in total. The molecule has 2 aromatic rings. The number of rotatable bonds is 5. The van der Waals surface area contributed by atoms with Gasteiger partial charge in [-0.05, 0) is 30.0 Å². The van der Waals surface area contributed by atoms with Gasteiger partial charge >= 0.3 is 0 Å². The van der Waals surface area contributed by atoms with Gasteiger partial charge in [0.15, 0.2) is 5.13 Å². The smallest absolute Gasteiger partial charge is 0.183 e. The zero-order valence-electron chi connectivity index (χ0n) is 11.4. The summed E-state index contributed by atoms with van der Waals surface area (Å²) in [6.45, 7) is 7.72. The molecule has 1 aromatic heterocycles. The van der Waals surface area contributed by atoms with E-state index in [1.807, 2.05) is 18.2 Å². The SMILES string of the molecule is COc1ccc2nc(NCC(C)C(C)C)sc2c1. The molecular weight excluding hydrogens is 244 g/mol. The molecule has 1 unspecified atom stereocenters. The van der Waals surface area contributed by atoms with Crippen molar-refractivity contribution in [2.24, 2.45) is 11.8 Å². The topological polar surface area (TPSA) is 34.1 Å². The monoisotopic (exact) mass is 264 g/mol. The molecule has 4 heteroatoms. The molecule has 1 aromatic carbocycles. The lowest BCUT2D eigenvalue weighted by Gasteiger charge is -2.15. The highest BCUT2D eigenvalue weighted by atomic mass is 32.1. The first kappa shape index (κ1) is 13.1. The van der Waals surface area contributed by atoms with Crippen LogP contribution in [0.2, 0.25) is 0 Å². The highest BCUT2D eigenvalue weighted by Crippen LogP contribution is 2.29. The van der Waals surface area contributed by atoms with Gasteiger partial charge in [-0.25, -0.2) is 4.98 Å². The Labute approximate surface area is 112 Å². The van der Waals surface area contributed by atoms with E-state index in [2.05, 4.69) is 31.1 Å². The largest absolute Gasteiger partial charge is 0.497 e. The van der Waals surface area contributed by atoms with Crippen LogP contribution in [-0.4, -0.2) is 18.6 Å². The predicted octanol–water partition coefficient (Wildman–Crippen LogP) is 4.01. The third-order valence-electron chi connectivity index (χ3n) is 3.31. The number of benzene rings is 1. The van der Waals surface area contributed by atoms with Crippen LogP contribution < -0.4 is 10.1 Å². The van der Waals surface area contributed by atoms with E-state index in [0.717, 1.165) is 27.6 Å². The van der Waals surface area contributed by atoms with Gasteiger partial charge in [0, 0.05) is 6.54 Å². The molecular formula is C14H20N2OS. The van der Waals surface area contributed by atoms with Crippen molar-refractivity contribution in [1.82, 2.24) is 4.98 Å². The summed E-state index contributed by atoms with van der Waals surface area (Å²) in [7, 11) is 1.69. The maximum Gasteiger partial charge on any atom is 0.183 e. The number of nitrogens with one attached hydrogen (secondary N) is 1. The molecule has 1 atom stereocenters. The van der Waals surface area contributed by atoms with E-state index < -0.39 is 0 Å². The first-order valence-electron chi connectivity index (χ1n) is 6.28. The van der Waals surface area contributed by atoms with E-state index in [9.17, 15) is 0 Å². The highest BCUT2D eigenvalue weighted by Gasteiger charge is 2.09. The Bertz CT molecular complexity index is 521. The van der Waals surface area contributed by atoms with Crippen LogP contribution in [0.1, 0.15) is 20.8 Å². The molecule has 0 saturated heterocycles. The normalized spacial score (nSPS) is 12.9. The molecule has 1 heterocycles. The van der Waals surface area contributed by atoms with Gasteiger partial charge in [0.05, 0.1) is 17.3 Å². The first-order valence-corrected chi connectivity index (χ1v) is 7.10. The summed E-state index contributed by atoms with van der Waals surface area (Å²) in [6.07, 6.45) is 0. The number of methoxy groups -OCH3 is 1. The molecule has 0 aliphatic rings. The second-order valence-corrected chi connectivity index (χ2v) is 5.99. The van der Waals surface area contributed by atoms with Gasteiger partial charge in [0.25, 0.3) is 0 Å². The Hall–Kier alpha value is -1.29. The molecule has 0 aliphatic carbocycles. The molecule has 0 bridgehead atoms. The molecule has 0 saturated carbocycles. The van der Waals surface area contributed by atoms with Crippen LogP contribution in [0.5, 0.6) is 5.75 Å². The zero-order valence-corrected chi connectivity index (χ0v) is 12.2. The Kier molecular flexibility index (Phi) is 4.07. The predicted molar refractivity (Wildman–Crippen MR) is 78.7 cm³/mol. The van der Waals surface area contributed by atoms with Gasteiger partial charge < -0.3 is 10.1 Å². The number of anilines is 1. The Morgan fingerprint density at radius 3 is 2.78 bits per heavy atom. The molecule has 0 spiro atoms. The molecule has 0 aliphatic heterocycles. The fraction of sp³-hybridized carbons (Fsp3) is 0.500. The number of fused-ring (bicyclic) bond motifs is 1. The number of ether oxygens (including phenoxy) is 1. The van der Waals surface area contributed by atoms with Gasteiger partial charge in [-0.2, -0.15) is 0 Å². The van der Waals surface area contributed by atoms with Gasteiger partial charge in [-0.1, -0.05) is 32.1 Å². The van der Waals surface area contributed by atoms with Gasteiger partial charge in [-0.3, -0.25) is 0 Å². The molecule has 18 heavy (non-hydrogen) atoms. The van der Waals surface area contributed by atoms with E-state index in [1.54, 1.807) is 18.4 Å². The second-order valence-electron chi connectivity index (χ2n) is 4.95. The van der Waals surface area contributed by atoms with Crippen molar-refractivity contribution in [1.29, 1.82) is 0 Å². The van der Waals surface area contributed by atoms with Crippen LogP contribution in [0.3, 0.4) is 0 Å². The molecule has 0 fully saturated rings. The number of hydrogen-bond acceptors (Lipinski definition) is 4. The minimum Gasteiger partial charge on any atom is -0.497 e. The van der Waals surface area contributed by atoms with Crippen LogP contribution in [0.15, 0.2) is 18.2 Å². The molecule has 3 nitrogen and oxygen atoms in total. The maximum atomic E-state index is 5.22. The molecule has 0 radical (unpaired) electrons. The van der Waals surface area contributed by atoms with Crippen LogP contribution in [0.25, 0.3) is 10.2 Å². The molecule has 98 valence electrons. The average molecular weight is 264 g/mol. The minimum atomic E-state index is 0.645. The lowest BCUT2D eigenvalue weighted by Crippen LogP contribution is -2.15. The Morgan fingerprint density at radius 1 is 1.33 bits per heavy atom. The number of aromatic nitrogens is 1. The molecule has 2 rings (SSSR count). The minimum absolute atomic E-state index is 0.645.